The van der Waals surface area contributed by atoms with Gasteiger partial charge in [0, 0.05) is 71.2 Å². The Morgan fingerprint density at radius 1 is 0.818 bits per heavy atom. The lowest BCUT2D eigenvalue weighted by Gasteiger charge is -2.23. The predicted octanol–water partition coefficient (Wildman–Crippen LogP) is 5.04. The number of anilines is 2. The Balaban J connectivity index is 0.000000188. The van der Waals surface area contributed by atoms with Crippen molar-refractivity contribution in [3.05, 3.63) is 73.1 Å². The van der Waals surface area contributed by atoms with E-state index in [-0.39, 0.29) is 37.1 Å². The van der Waals surface area contributed by atoms with Gasteiger partial charge in [-0.2, -0.15) is 0 Å². The van der Waals surface area contributed by atoms with E-state index in [1.807, 2.05) is 70.7 Å². The van der Waals surface area contributed by atoms with Crippen LogP contribution in [-0.2, 0) is 24.0 Å². The molecule has 6 heterocycles. The third-order valence-electron chi connectivity index (χ3n) is 9.01. The quantitative estimate of drug-likeness (QED) is 0.0689. The number of hydrogen-bond acceptors (Lipinski definition) is 10. The van der Waals surface area contributed by atoms with Crippen molar-refractivity contribution in [2.75, 3.05) is 24.1 Å². The van der Waals surface area contributed by atoms with Gasteiger partial charge in [-0.15, -0.1) is 0 Å². The van der Waals surface area contributed by atoms with Crippen molar-refractivity contribution in [1.82, 2.24) is 35.1 Å². The first-order valence-corrected chi connectivity index (χ1v) is 17.4. The van der Waals surface area contributed by atoms with Crippen LogP contribution in [0.3, 0.4) is 0 Å². The molecular formula is C39H42N10O6. The molecule has 0 spiro atoms. The van der Waals surface area contributed by atoms with E-state index in [1.165, 1.54) is 6.08 Å². The van der Waals surface area contributed by atoms with E-state index in [1.54, 1.807) is 25.4 Å². The molecule has 2 aromatic carbocycles. The summed E-state index contributed by atoms with van der Waals surface area (Å²) in [6, 6.07) is 17.5. The molecule has 2 aliphatic heterocycles. The van der Waals surface area contributed by atoms with E-state index in [2.05, 4.69) is 36.2 Å². The van der Waals surface area contributed by atoms with Crippen LogP contribution in [0.25, 0.3) is 43.9 Å². The van der Waals surface area contributed by atoms with Crippen LogP contribution in [0.1, 0.15) is 59.0 Å². The highest BCUT2D eigenvalue weighted by atomic mass is 16.2. The number of carbonyl (C=O) groups excluding carboxylic acids is 6. The van der Waals surface area contributed by atoms with Crippen LogP contribution in [0.4, 0.5) is 16.2 Å². The van der Waals surface area contributed by atoms with Crippen LogP contribution < -0.4 is 27.0 Å². The highest BCUT2D eigenvalue weighted by Gasteiger charge is 2.32. The molecule has 6 N–H and O–H groups in total. The van der Waals surface area contributed by atoms with Gasteiger partial charge in [-0.3, -0.25) is 29.8 Å². The Morgan fingerprint density at radius 3 is 1.82 bits per heavy atom. The number of nitrogen functional groups attached to an aromatic ring is 1. The zero-order valence-electron chi connectivity index (χ0n) is 29.6. The monoisotopic (exact) mass is 746 g/mol. The van der Waals surface area contributed by atoms with Gasteiger partial charge >= 0.3 is 6.03 Å². The average Bonchev–Trinajstić information content (AvgIpc) is 3.65. The molecule has 0 radical (unpaired) electrons. The topological polar surface area (TPSA) is 225 Å². The number of urea groups is 1. The number of hydrogen-bond donors (Lipinski definition) is 5. The molecule has 6 amide bonds. The number of aromatic nitrogens is 4. The summed E-state index contributed by atoms with van der Waals surface area (Å²) in [5, 5.41) is 14.0. The SMILES string of the molecule is C.CCN=C=O.CCNC(=O)Nc1ccc2c(c1)c1cccnc1n2C1CCC(=O)NC1=O.Nc1ccc2c(c1)c1cccnc1n2C1CCC(=O)NC1=O. The number of pyridine rings is 2. The molecule has 6 aromatic rings. The molecule has 2 aliphatic rings. The lowest BCUT2D eigenvalue weighted by Crippen LogP contribution is -2.41. The fraction of sp³-hybridized carbons (Fsp3) is 0.282. The Labute approximate surface area is 315 Å². The fourth-order valence-corrected chi connectivity index (χ4v) is 6.73. The molecule has 55 heavy (non-hydrogen) atoms. The summed E-state index contributed by atoms with van der Waals surface area (Å²) in [4.78, 5) is 80.6. The van der Waals surface area contributed by atoms with Crippen LogP contribution in [0.15, 0.2) is 78.0 Å². The molecule has 284 valence electrons. The molecule has 2 saturated heterocycles. The van der Waals surface area contributed by atoms with Gasteiger partial charge in [0.1, 0.15) is 23.4 Å². The van der Waals surface area contributed by atoms with E-state index in [0.29, 0.717) is 55.8 Å². The lowest BCUT2D eigenvalue weighted by atomic mass is 10.1. The first-order valence-electron chi connectivity index (χ1n) is 17.4. The van der Waals surface area contributed by atoms with Gasteiger partial charge < -0.3 is 25.5 Å². The number of amides is 6. The summed E-state index contributed by atoms with van der Waals surface area (Å²) in [5.41, 5.74) is 10.4. The average molecular weight is 747 g/mol. The maximum Gasteiger partial charge on any atom is 0.319 e. The molecule has 2 atom stereocenters. The fourth-order valence-electron chi connectivity index (χ4n) is 6.73. The minimum absolute atomic E-state index is 0. The highest BCUT2D eigenvalue weighted by Crippen LogP contribution is 2.36. The number of aliphatic imine (C=N–C) groups is 1. The van der Waals surface area contributed by atoms with E-state index in [9.17, 15) is 24.0 Å². The number of nitrogens with zero attached hydrogens (tertiary/aromatic N) is 5. The van der Waals surface area contributed by atoms with E-state index in [0.717, 1.165) is 38.2 Å². The van der Waals surface area contributed by atoms with Crippen molar-refractivity contribution >= 4 is 91.0 Å². The summed E-state index contributed by atoms with van der Waals surface area (Å²) >= 11 is 0. The number of imide groups is 2. The normalized spacial score (nSPS) is 16.5. The van der Waals surface area contributed by atoms with Crippen molar-refractivity contribution in [1.29, 1.82) is 0 Å². The van der Waals surface area contributed by atoms with Crippen LogP contribution in [0, 0.1) is 0 Å². The van der Waals surface area contributed by atoms with Gasteiger partial charge in [0.15, 0.2) is 0 Å². The second-order valence-corrected chi connectivity index (χ2v) is 12.5. The summed E-state index contributed by atoms with van der Waals surface area (Å²) in [6.45, 7) is 4.71. The Morgan fingerprint density at radius 2 is 1.35 bits per heavy atom. The molecule has 8 rings (SSSR count). The molecule has 2 unspecified atom stereocenters. The molecule has 2 fully saturated rings. The van der Waals surface area contributed by atoms with Gasteiger partial charge in [-0.05, 0) is 87.4 Å². The van der Waals surface area contributed by atoms with E-state index in [4.69, 9.17) is 10.5 Å². The smallest absolute Gasteiger partial charge is 0.319 e. The molecule has 4 aromatic heterocycles. The van der Waals surface area contributed by atoms with Crippen molar-refractivity contribution in [2.24, 2.45) is 4.99 Å². The van der Waals surface area contributed by atoms with Gasteiger partial charge in [-0.25, -0.2) is 24.5 Å². The minimum atomic E-state index is -0.500. The third-order valence-corrected chi connectivity index (χ3v) is 9.01. The van der Waals surface area contributed by atoms with Crippen molar-refractivity contribution < 1.29 is 28.8 Å². The number of nitrogens with one attached hydrogen (secondary N) is 4. The number of nitrogens with two attached hydrogens (primary N) is 1. The molecule has 0 saturated carbocycles. The summed E-state index contributed by atoms with van der Waals surface area (Å²) in [5.74, 6) is -1.07. The maximum absolute atomic E-state index is 12.4. The number of carbonyl (C=O) groups is 5. The van der Waals surface area contributed by atoms with Gasteiger partial charge in [0.25, 0.3) is 0 Å². The second kappa shape index (κ2) is 17.3. The summed E-state index contributed by atoms with van der Waals surface area (Å²) in [6.07, 6.45) is 6.30. The van der Waals surface area contributed by atoms with Crippen LogP contribution in [-0.4, -0.2) is 67.9 Å². The number of benzene rings is 2. The first kappa shape index (κ1) is 39.3. The molecular weight excluding hydrogens is 704 g/mol. The lowest BCUT2D eigenvalue weighted by molar-refractivity contribution is -0.137. The number of piperidine rings is 2. The predicted molar refractivity (Wildman–Crippen MR) is 210 cm³/mol. The van der Waals surface area contributed by atoms with Gasteiger partial charge in [-0.1, -0.05) is 7.43 Å². The third kappa shape index (κ3) is 8.19. The Kier molecular flexibility index (Phi) is 12.3. The maximum atomic E-state index is 12.4. The van der Waals surface area contributed by atoms with Gasteiger partial charge in [0.05, 0.1) is 11.0 Å². The first-order chi connectivity index (χ1) is 26.1. The number of rotatable bonds is 5. The van der Waals surface area contributed by atoms with Crippen LogP contribution in [0.5, 0.6) is 0 Å². The van der Waals surface area contributed by atoms with Crippen molar-refractivity contribution in [3.8, 4) is 0 Å². The van der Waals surface area contributed by atoms with Crippen molar-refractivity contribution in [3.63, 3.8) is 0 Å². The molecule has 0 aliphatic carbocycles. The standard InChI is InChI=1S/C19H19N5O3.C16H14N4O2.C3H5NO.CH4/c1-2-20-19(27)22-11-5-6-14-13(10-11)12-4-3-9-21-17(12)24(14)15-7-8-16(25)23-18(15)26;17-9-3-4-12-11(8-9)10-2-1-7-18-15(10)20(12)13-5-6-14(21)19-16(13)22;1-2-4-3-5;/h3-6,9-10,15H,2,7-8H2,1H3,(H2,20,22,27)(H,23,25,26);1-4,7-8,13H,5-6,17H2,(H,19,21,22);2H2,1H3;1H4. The molecule has 0 bridgehead atoms. The Hall–Kier alpha value is -6.93. The van der Waals surface area contributed by atoms with E-state index >= 15 is 0 Å². The zero-order chi connectivity index (χ0) is 38.4. The number of isocyanates is 1. The molecule has 16 nitrogen and oxygen atoms in total. The largest absolute Gasteiger partial charge is 0.399 e. The van der Waals surface area contributed by atoms with Crippen LogP contribution >= 0.6 is 0 Å². The van der Waals surface area contributed by atoms with Gasteiger partial charge in [0.2, 0.25) is 29.7 Å². The minimum Gasteiger partial charge on any atom is -0.399 e. The number of fused-ring (bicyclic) bond motifs is 6. The summed E-state index contributed by atoms with van der Waals surface area (Å²) in [7, 11) is 0. The summed E-state index contributed by atoms with van der Waals surface area (Å²) < 4.78 is 3.79. The zero-order valence-corrected chi connectivity index (χ0v) is 29.6. The highest BCUT2D eigenvalue weighted by molar-refractivity contribution is 6.11. The van der Waals surface area contributed by atoms with Crippen molar-refractivity contribution in [2.45, 2.75) is 59.0 Å². The Bertz CT molecular complexity index is 2480. The molecule has 16 heteroatoms. The van der Waals surface area contributed by atoms with Crippen LogP contribution in [0.2, 0.25) is 0 Å². The second-order valence-electron chi connectivity index (χ2n) is 12.5. The van der Waals surface area contributed by atoms with E-state index < -0.39 is 12.1 Å².